The minimum atomic E-state index is 0.0630. The Kier molecular flexibility index (Phi) is 2.45. The summed E-state index contributed by atoms with van der Waals surface area (Å²) < 4.78 is 0. The van der Waals surface area contributed by atoms with E-state index in [4.69, 9.17) is 5.73 Å². The van der Waals surface area contributed by atoms with Crippen molar-refractivity contribution in [2.45, 2.75) is 39.2 Å². The molecule has 3 nitrogen and oxygen atoms in total. The van der Waals surface area contributed by atoms with Crippen LogP contribution in [0.4, 0.5) is 5.69 Å². The van der Waals surface area contributed by atoms with Crippen molar-refractivity contribution in [1.82, 2.24) is 5.32 Å². The fraction of sp³-hybridized carbons (Fsp3) is 0.588. The average molecular weight is 270 g/mol. The van der Waals surface area contributed by atoms with Gasteiger partial charge in [-0.05, 0) is 74.0 Å². The molecular formula is C17H22N2O. The second kappa shape index (κ2) is 4.00. The van der Waals surface area contributed by atoms with E-state index in [-0.39, 0.29) is 5.91 Å². The van der Waals surface area contributed by atoms with Gasteiger partial charge in [0.15, 0.2) is 0 Å². The molecule has 20 heavy (non-hydrogen) atoms. The summed E-state index contributed by atoms with van der Waals surface area (Å²) in [6.07, 6.45) is 4.18. The molecule has 0 aliphatic heterocycles. The molecule has 1 aromatic carbocycles. The Hall–Kier alpha value is -1.51. The molecule has 2 bridgehead atoms. The van der Waals surface area contributed by atoms with Gasteiger partial charge in [0.2, 0.25) is 0 Å². The first kappa shape index (κ1) is 12.2. The Morgan fingerprint density at radius 2 is 1.80 bits per heavy atom. The number of hydrogen-bond acceptors (Lipinski definition) is 2. The highest BCUT2D eigenvalue weighted by Crippen LogP contribution is 2.65. The molecule has 3 saturated carbocycles. The smallest absolute Gasteiger partial charge is 0.251 e. The molecule has 4 unspecified atom stereocenters. The van der Waals surface area contributed by atoms with Crippen LogP contribution in [-0.2, 0) is 0 Å². The van der Waals surface area contributed by atoms with Crippen LogP contribution in [0, 0.1) is 37.5 Å². The fourth-order valence-corrected chi connectivity index (χ4v) is 4.86. The van der Waals surface area contributed by atoms with Gasteiger partial charge in [0.1, 0.15) is 0 Å². The fourth-order valence-electron chi connectivity index (χ4n) is 4.86. The van der Waals surface area contributed by atoms with Crippen molar-refractivity contribution in [3.63, 3.8) is 0 Å². The zero-order valence-electron chi connectivity index (χ0n) is 12.1. The summed E-state index contributed by atoms with van der Waals surface area (Å²) in [7, 11) is 0. The maximum Gasteiger partial charge on any atom is 0.251 e. The number of nitrogen functional groups attached to an aromatic ring is 1. The Morgan fingerprint density at radius 1 is 1.15 bits per heavy atom. The third-order valence-electron chi connectivity index (χ3n) is 5.89. The average Bonchev–Trinajstić information content (AvgIpc) is 2.82. The lowest BCUT2D eigenvalue weighted by Crippen LogP contribution is -2.30. The van der Waals surface area contributed by atoms with Gasteiger partial charge in [-0.25, -0.2) is 0 Å². The number of nitrogens with one attached hydrogen (secondary N) is 1. The normalized spacial score (nSPS) is 36.8. The van der Waals surface area contributed by atoms with Crippen LogP contribution in [-0.4, -0.2) is 11.9 Å². The first-order valence-electron chi connectivity index (χ1n) is 7.74. The third-order valence-corrected chi connectivity index (χ3v) is 5.89. The summed E-state index contributed by atoms with van der Waals surface area (Å²) in [5, 5.41) is 3.27. The Labute approximate surface area is 119 Å². The van der Waals surface area contributed by atoms with E-state index in [0.29, 0.717) is 11.7 Å². The number of anilines is 1. The van der Waals surface area contributed by atoms with Crippen LogP contribution in [0.5, 0.6) is 0 Å². The molecule has 3 N–H and O–H groups in total. The number of fused-ring (bicyclic) bond motifs is 5. The number of nitrogens with two attached hydrogens (primary N) is 1. The van der Waals surface area contributed by atoms with Crippen LogP contribution in [0.25, 0.3) is 0 Å². The molecule has 4 rings (SSSR count). The first-order valence-corrected chi connectivity index (χ1v) is 7.74. The standard InChI is InChI=1S/C17H22N2O/c1-8-5-9(2)13(18)7-12(8)17(20)19-16-14-10-3-4-11(6-10)15(14)16/h5,7,10-11,14-16H,3-4,6,18H2,1-2H3,(H,19,20). The van der Waals surface area contributed by atoms with Gasteiger partial charge in [0.05, 0.1) is 0 Å². The van der Waals surface area contributed by atoms with Crippen molar-refractivity contribution >= 4 is 11.6 Å². The number of benzene rings is 1. The van der Waals surface area contributed by atoms with Gasteiger partial charge >= 0.3 is 0 Å². The zero-order valence-corrected chi connectivity index (χ0v) is 12.1. The van der Waals surface area contributed by atoms with Gasteiger partial charge < -0.3 is 11.1 Å². The lowest BCUT2D eigenvalue weighted by molar-refractivity contribution is 0.0943. The summed E-state index contributed by atoms with van der Waals surface area (Å²) in [6.45, 7) is 3.96. The lowest BCUT2D eigenvalue weighted by Gasteiger charge is -2.13. The van der Waals surface area contributed by atoms with E-state index in [1.165, 1.54) is 19.3 Å². The number of carbonyl (C=O) groups is 1. The Morgan fingerprint density at radius 3 is 2.45 bits per heavy atom. The van der Waals surface area contributed by atoms with Gasteiger partial charge in [-0.3, -0.25) is 4.79 Å². The molecule has 0 radical (unpaired) electrons. The molecule has 3 fully saturated rings. The molecule has 1 aromatic rings. The Balaban J connectivity index is 1.51. The van der Waals surface area contributed by atoms with E-state index in [1.54, 1.807) is 0 Å². The highest BCUT2D eigenvalue weighted by molar-refractivity contribution is 5.97. The van der Waals surface area contributed by atoms with Gasteiger partial charge in [-0.15, -0.1) is 0 Å². The van der Waals surface area contributed by atoms with Crippen LogP contribution >= 0.6 is 0 Å². The minimum Gasteiger partial charge on any atom is -0.398 e. The van der Waals surface area contributed by atoms with E-state index < -0.39 is 0 Å². The molecule has 0 spiro atoms. The van der Waals surface area contributed by atoms with Gasteiger partial charge in [-0.2, -0.15) is 0 Å². The van der Waals surface area contributed by atoms with Gasteiger partial charge in [0.25, 0.3) is 5.91 Å². The Bertz CT molecular complexity index is 579. The molecule has 4 atom stereocenters. The number of aryl methyl sites for hydroxylation is 2. The van der Waals surface area contributed by atoms with Crippen molar-refractivity contribution in [1.29, 1.82) is 0 Å². The highest BCUT2D eigenvalue weighted by atomic mass is 16.1. The molecule has 0 saturated heterocycles. The second-order valence-electron chi connectivity index (χ2n) is 7.01. The number of rotatable bonds is 2. The molecule has 3 aliphatic rings. The number of amides is 1. The lowest BCUT2D eigenvalue weighted by atomic mass is 10.0. The molecule has 3 heteroatoms. The summed E-state index contributed by atoms with van der Waals surface area (Å²) in [6, 6.07) is 4.27. The predicted molar refractivity (Wildman–Crippen MR) is 79.4 cm³/mol. The summed E-state index contributed by atoms with van der Waals surface area (Å²) in [4.78, 5) is 12.5. The molecule has 3 aliphatic carbocycles. The molecule has 1 amide bonds. The molecule has 106 valence electrons. The third kappa shape index (κ3) is 1.62. The van der Waals surface area contributed by atoms with Crippen LogP contribution < -0.4 is 11.1 Å². The number of hydrogen-bond donors (Lipinski definition) is 2. The minimum absolute atomic E-state index is 0.0630. The molecular weight excluding hydrogens is 248 g/mol. The van der Waals surface area contributed by atoms with E-state index in [2.05, 4.69) is 5.32 Å². The van der Waals surface area contributed by atoms with Crippen LogP contribution in [0.3, 0.4) is 0 Å². The first-order chi connectivity index (χ1) is 9.56. The van der Waals surface area contributed by atoms with Crippen LogP contribution in [0.15, 0.2) is 12.1 Å². The van der Waals surface area contributed by atoms with Gasteiger partial charge in [-0.1, -0.05) is 6.07 Å². The van der Waals surface area contributed by atoms with Crippen LogP contribution in [0.1, 0.15) is 40.7 Å². The second-order valence-corrected chi connectivity index (χ2v) is 7.01. The maximum atomic E-state index is 12.5. The summed E-state index contributed by atoms with van der Waals surface area (Å²) in [5.41, 5.74) is 9.44. The summed E-state index contributed by atoms with van der Waals surface area (Å²) in [5.74, 6) is 3.40. The largest absolute Gasteiger partial charge is 0.398 e. The van der Waals surface area contributed by atoms with Crippen molar-refractivity contribution in [2.24, 2.45) is 23.7 Å². The van der Waals surface area contributed by atoms with Gasteiger partial charge in [0, 0.05) is 17.3 Å². The quantitative estimate of drug-likeness (QED) is 0.812. The molecule has 0 heterocycles. The van der Waals surface area contributed by atoms with Crippen molar-refractivity contribution in [3.8, 4) is 0 Å². The number of carbonyl (C=O) groups excluding carboxylic acids is 1. The van der Waals surface area contributed by atoms with Crippen molar-refractivity contribution in [3.05, 3.63) is 28.8 Å². The predicted octanol–water partition coefficient (Wildman–Crippen LogP) is 2.66. The monoisotopic (exact) mass is 270 g/mol. The van der Waals surface area contributed by atoms with Crippen LogP contribution in [0.2, 0.25) is 0 Å². The van der Waals surface area contributed by atoms with Crippen molar-refractivity contribution < 1.29 is 4.79 Å². The topological polar surface area (TPSA) is 55.1 Å². The van der Waals surface area contributed by atoms with Crippen molar-refractivity contribution in [2.75, 3.05) is 5.73 Å². The van der Waals surface area contributed by atoms with E-state index in [1.807, 2.05) is 26.0 Å². The van der Waals surface area contributed by atoms with E-state index >= 15 is 0 Å². The van der Waals surface area contributed by atoms with E-state index in [0.717, 1.165) is 40.4 Å². The molecule has 0 aromatic heterocycles. The summed E-state index contributed by atoms with van der Waals surface area (Å²) >= 11 is 0. The van der Waals surface area contributed by atoms with E-state index in [9.17, 15) is 4.79 Å². The SMILES string of the molecule is Cc1cc(C)c(C(=O)NC2C3C4CCC(C4)C23)cc1N. The maximum absolute atomic E-state index is 12.5. The zero-order chi connectivity index (χ0) is 14.0. The highest BCUT2D eigenvalue weighted by Gasteiger charge is 2.65.